The van der Waals surface area contributed by atoms with E-state index in [4.69, 9.17) is 9.47 Å². The summed E-state index contributed by atoms with van der Waals surface area (Å²) in [5, 5.41) is 2.83. The van der Waals surface area contributed by atoms with Gasteiger partial charge in [-0.05, 0) is 57.2 Å². The first-order valence-corrected chi connectivity index (χ1v) is 9.80. The van der Waals surface area contributed by atoms with Crippen LogP contribution in [-0.4, -0.2) is 48.7 Å². The summed E-state index contributed by atoms with van der Waals surface area (Å²) in [4.78, 5) is 25.3. The summed E-state index contributed by atoms with van der Waals surface area (Å²) in [6, 6.07) is 6.01. The maximum absolute atomic E-state index is 12.8. The largest absolute Gasteiger partial charge is 0.444 e. The maximum Gasteiger partial charge on any atom is 0.410 e. The van der Waals surface area contributed by atoms with Crippen molar-refractivity contribution in [3.63, 3.8) is 0 Å². The quantitative estimate of drug-likeness (QED) is 0.651. The molecule has 0 aliphatic carbocycles. The molecule has 1 aliphatic rings. The molecule has 1 heterocycles. The van der Waals surface area contributed by atoms with Crippen molar-refractivity contribution in [2.45, 2.75) is 52.2 Å². The van der Waals surface area contributed by atoms with Gasteiger partial charge in [0.25, 0.3) is 0 Å². The molecule has 2 rings (SSSR count). The Morgan fingerprint density at radius 2 is 1.86 bits per heavy atom. The van der Waals surface area contributed by atoms with Crippen LogP contribution < -0.4 is 5.32 Å². The topological polar surface area (TPSA) is 67.9 Å². The molecule has 0 aromatic heterocycles. The number of hydrogen-bond acceptors (Lipinski definition) is 4. The lowest BCUT2D eigenvalue weighted by atomic mass is 9.94. The van der Waals surface area contributed by atoms with Gasteiger partial charge in [0.1, 0.15) is 18.0 Å². The molecule has 2 amide bonds. The highest BCUT2D eigenvalue weighted by Gasteiger charge is 2.32. The average Bonchev–Trinajstić information content (AvgIpc) is 2.56. The molecule has 0 spiro atoms. The Hall–Kier alpha value is -2.15. The van der Waals surface area contributed by atoms with Crippen molar-refractivity contribution in [2.24, 2.45) is 5.92 Å². The van der Waals surface area contributed by atoms with E-state index in [0.717, 1.165) is 37.9 Å². The van der Waals surface area contributed by atoms with Gasteiger partial charge in [-0.2, -0.15) is 0 Å². The van der Waals surface area contributed by atoms with Crippen molar-refractivity contribution in [1.29, 1.82) is 0 Å². The lowest BCUT2D eigenvalue weighted by Crippen LogP contribution is -2.51. The maximum atomic E-state index is 12.8. The number of likely N-dealkylation sites (tertiary alicyclic amines) is 1. The highest BCUT2D eigenvalue weighted by atomic mass is 19.1. The second-order valence-corrected chi connectivity index (χ2v) is 8.22. The molecule has 1 fully saturated rings. The lowest BCUT2D eigenvalue weighted by Gasteiger charge is -2.39. The van der Waals surface area contributed by atoms with Crippen molar-refractivity contribution in [3.05, 3.63) is 35.6 Å². The van der Waals surface area contributed by atoms with Crippen molar-refractivity contribution in [1.82, 2.24) is 10.2 Å². The summed E-state index contributed by atoms with van der Waals surface area (Å²) in [6.07, 6.45) is 2.70. The minimum absolute atomic E-state index is 0.00908. The number of hydrogen-bond donors (Lipinski definition) is 1. The Bertz CT molecular complexity index is 637. The smallest absolute Gasteiger partial charge is 0.410 e. The molecule has 156 valence electrons. The number of nitrogens with zero attached hydrogens (tertiary/aromatic N) is 1. The second-order valence-electron chi connectivity index (χ2n) is 8.22. The van der Waals surface area contributed by atoms with Crippen LogP contribution in [0.5, 0.6) is 0 Å². The summed E-state index contributed by atoms with van der Waals surface area (Å²) in [7, 11) is 0. The van der Waals surface area contributed by atoms with Crippen LogP contribution in [0.3, 0.4) is 0 Å². The normalized spacial score (nSPS) is 14.5. The molecule has 1 aromatic rings. The standard InChI is InChI=1S/C21H31FN2O4/c1-21(2,3)28-20(26)24-12-17(13-24)6-4-5-11-23-19(25)15-27-14-16-7-9-18(22)10-8-16/h7-10,17H,4-6,11-15H2,1-3H3,(H,23,25). The van der Waals surface area contributed by atoms with Gasteiger partial charge in [0.15, 0.2) is 0 Å². The zero-order chi connectivity index (χ0) is 20.6. The Morgan fingerprint density at radius 3 is 2.50 bits per heavy atom. The predicted octanol–water partition coefficient (Wildman–Crippen LogP) is 3.50. The number of unbranched alkanes of at least 4 members (excludes halogenated alkanes) is 1. The van der Waals surface area contributed by atoms with Crippen LogP contribution in [0.1, 0.15) is 45.6 Å². The molecule has 0 unspecified atom stereocenters. The van der Waals surface area contributed by atoms with Crippen molar-refractivity contribution in [2.75, 3.05) is 26.2 Å². The molecule has 1 N–H and O–H groups in total. The van der Waals surface area contributed by atoms with Crippen molar-refractivity contribution in [3.8, 4) is 0 Å². The van der Waals surface area contributed by atoms with E-state index in [1.54, 1.807) is 17.0 Å². The first-order chi connectivity index (χ1) is 13.2. The van der Waals surface area contributed by atoms with Gasteiger partial charge in [0, 0.05) is 19.6 Å². The Kier molecular flexibility index (Phi) is 8.23. The molecule has 1 aliphatic heterocycles. The SMILES string of the molecule is CC(C)(C)OC(=O)N1CC(CCCCNC(=O)COCc2ccc(F)cc2)C1. The minimum atomic E-state index is -0.455. The number of benzene rings is 1. The fraction of sp³-hybridized carbons (Fsp3) is 0.619. The average molecular weight is 394 g/mol. The van der Waals surface area contributed by atoms with E-state index >= 15 is 0 Å². The molecule has 1 aromatic carbocycles. The Labute approximate surface area is 166 Å². The van der Waals surface area contributed by atoms with Crippen LogP contribution in [0.15, 0.2) is 24.3 Å². The summed E-state index contributed by atoms with van der Waals surface area (Å²) in [5.74, 6) is 0.0741. The first-order valence-electron chi connectivity index (χ1n) is 9.80. The highest BCUT2D eigenvalue weighted by Crippen LogP contribution is 2.23. The third-order valence-corrected chi connectivity index (χ3v) is 4.39. The Balaban J connectivity index is 1.45. The van der Waals surface area contributed by atoms with Gasteiger partial charge in [0.05, 0.1) is 6.61 Å². The third-order valence-electron chi connectivity index (χ3n) is 4.39. The van der Waals surface area contributed by atoms with Gasteiger partial charge in [-0.25, -0.2) is 9.18 Å². The zero-order valence-electron chi connectivity index (χ0n) is 17.0. The fourth-order valence-electron chi connectivity index (χ4n) is 2.91. The Morgan fingerprint density at radius 1 is 1.18 bits per heavy atom. The van der Waals surface area contributed by atoms with Crippen LogP contribution >= 0.6 is 0 Å². The van der Waals surface area contributed by atoms with Gasteiger partial charge in [-0.15, -0.1) is 0 Å². The molecule has 0 bridgehead atoms. The summed E-state index contributed by atoms with van der Waals surface area (Å²) in [5.41, 5.74) is 0.374. The fourth-order valence-corrected chi connectivity index (χ4v) is 2.91. The molecule has 0 radical (unpaired) electrons. The number of carbonyl (C=O) groups is 2. The minimum Gasteiger partial charge on any atom is -0.444 e. The van der Waals surface area contributed by atoms with Crippen LogP contribution in [0, 0.1) is 11.7 Å². The van der Waals surface area contributed by atoms with Gasteiger partial charge in [-0.3, -0.25) is 4.79 Å². The second kappa shape index (κ2) is 10.4. The van der Waals surface area contributed by atoms with E-state index in [9.17, 15) is 14.0 Å². The van der Waals surface area contributed by atoms with E-state index in [-0.39, 0.29) is 31.0 Å². The molecule has 0 atom stereocenters. The van der Waals surface area contributed by atoms with Crippen LogP contribution in [0.25, 0.3) is 0 Å². The third kappa shape index (κ3) is 8.25. The van der Waals surface area contributed by atoms with Gasteiger partial charge in [-0.1, -0.05) is 18.6 Å². The summed E-state index contributed by atoms with van der Waals surface area (Å²) < 4.78 is 23.5. The number of carbonyl (C=O) groups excluding carboxylic acids is 2. The number of halogens is 1. The molecule has 1 saturated heterocycles. The van der Waals surface area contributed by atoms with E-state index in [2.05, 4.69) is 5.32 Å². The van der Waals surface area contributed by atoms with Gasteiger partial charge < -0.3 is 19.7 Å². The van der Waals surface area contributed by atoms with Gasteiger partial charge in [0.2, 0.25) is 5.91 Å². The molecule has 28 heavy (non-hydrogen) atoms. The lowest BCUT2D eigenvalue weighted by molar-refractivity contribution is -0.126. The highest BCUT2D eigenvalue weighted by molar-refractivity contribution is 5.77. The van der Waals surface area contributed by atoms with E-state index in [1.165, 1.54) is 12.1 Å². The van der Waals surface area contributed by atoms with E-state index in [1.807, 2.05) is 20.8 Å². The first kappa shape index (κ1) is 22.1. The van der Waals surface area contributed by atoms with E-state index < -0.39 is 5.60 Å². The number of ether oxygens (including phenoxy) is 2. The molecular weight excluding hydrogens is 363 g/mol. The molecule has 0 saturated carbocycles. The molecule has 6 nitrogen and oxygen atoms in total. The molecule has 7 heteroatoms. The number of rotatable bonds is 9. The number of nitrogens with one attached hydrogen (secondary N) is 1. The predicted molar refractivity (Wildman–Crippen MR) is 104 cm³/mol. The van der Waals surface area contributed by atoms with Crippen LogP contribution in [-0.2, 0) is 20.9 Å². The van der Waals surface area contributed by atoms with Crippen LogP contribution in [0.2, 0.25) is 0 Å². The summed E-state index contributed by atoms with van der Waals surface area (Å²) in [6.45, 7) is 7.98. The monoisotopic (exact) mass is 394 g/mol. The van der Waals surface area contributed by atoms with Crippen molar-refractivity contribution >= 4 is 12.0 Å². The van der Waals surface area contributed by atoms with Gasteiger partial charge >= 0.3 is 6.09 Å². The molecular formula is C21H31FN2O4. The zero-order valence-corrected chi connectivity index (χ0v) is 17.0. The van der Waals surface area contributed by atoms with Crippen LogP contribution in [0.4, 0.5) is 9.18 Å². The number of amides is 2. The summed E-state index contributed by atoms with van der Waals surface area (Å²) >= 11 is 0. The van der Waals surface area contributed by atoms with E-state index in [0.29, 0.717) is 12.5 Å². The van der Waals surface area contributed by atoms with Crippen molar-refractivity contribution < 1.29 is 23.5 Å².